The van der Waals surface area contributed by atoms with Gasteiger partial charge in [0.15, 0.2) is 15.9 Å². The number of H-pyrrole nitrogens is 1. The normalized spacial score (nSPS) is 14.5. The van der Waals surface area contributed by atoms with Gasteiger partial charge in [-0.2, -0.15) is 0 Å². The van der Waals surface area contributed by atoms with Gasteiger partial charge >= 0.3 is 5.97 Å². The summed E-state index contributed by atoms with van der Waals surface area (Å²) in [6, 6.07) is 29.9. The number of para-hydroxylation sites is 1. The molecule has 57 heavy (non-hydrogen) atoms. The topological polar surface area (TPSA) is 148 Å². The Morgan fingerprint density at radius 3 is 2.11 bits per heavy atom. The molecule has 5 aromatic rings. The Hall–Kier alpha value is -5.14. The standard InChI is InChI=1S/C44H52N4O7S2/c1-3-4-5-6-7-8-9-13-20-41(54-36-23-21-35(22-24-36)48-29-31-56(50,51)32-30-48)44(49)55-37-25-27-38(28-26-37)57(52,53)47-40-19-15-14-18-39(40)42-33(2)45-43(46-42)34-16-11-10-12-17-34/h10-12,14-19,21-28,41,47H,3-9,13,20,29-32H2,1-2H3,(H,45,46). The number of nitrogens with one attached hydrogen (secondary N) is 2. The van der Waals surface area contributed by atoms with E-state index in [4.69, 9.17) is 14.5 Å². The molecule has 302 valence electrons. The first-order valence-corrected chi connectivity index (χ1v) is 23.1. The average Bonchev–Trinajstić information content (AvgIpc) is 3.60. The number of carbonyl (C=O) groups is 1. The number of unbranched alkanes of at least 4 members (excludes halogenated alkanes) is 7. The Balaban J connectivity index is 1.11. The SMILES string of the molecule is CCCCCCCCCCC(Oc1ccc(N2CCS(=O)(=O)CC2)cc1)C(=O)Oc1ccc(S(=O)(=O)Nc2ccccc2-c2nc(-c3ccccc3)[nH]c2C)cc1. The zero-order valence-electron chi connectivity index (χ0n) is 32.7. The Labute approximate surface area is 336 Å². The number of benzene rings is 4. The molecule has 1 aliphatic rings. The smallest absolute Gasteiger partial charge is 0.352 e. The van der Waals surface area contributed by atoms with Gasteiger partial charge in [-0.05, 0) is 74.4 Å². The van der Waals surface area contributed by atoms with E-state index in [1.807, 2.05) is 66.4 Å². The number of carbonyl (C=O) groups excluding carboxylic acids is 1. The van der Waals surface area contributed by atoms with Crippen LogP contribution in [0.1, 0.15) is 70.4 Å². The van der Waals surface area contributed by atoms with Crippen LogP contribution < -0.4 is 19.1 Å². The van der Waals surface area contributed by atoms with Crippen LogP contribution in [0.2, 0.25) is 0 Å². The number of esters is 1. The number of sulfonamides is 1. The molecule has 2 N–H and O–H groups in total. The zero-order chi connectivity index (χ0) is 40.3. The Kier molecular flexibility index (Phi) is 14.1. The van der Waals surface area contributed by atoms with Crippen LogP contribution >= 0.6 is 0 Å². The van der Waals surface area contributed by atoms with Crippen molar-refractivity contribution in [3.63, 3.8) is 0 Å². The highest BCUT2D eigenvalue weighted by Crippen LogP contribution is 2.33. The molecular formula is C44H52N4O7S2. The van der Waals surface area contributed by atoms with Gasteiger partial charge < -0.3 is 19.4 Å². The van der Waals surface area contributed by atoms with Crippen LogP contribution in [0.5, 0.6) is 11.5 Å². The lowest BCUT2D eigenvalue weighted by molar-refractivity contribution is -0.142. The highest BCUT2D eigenvalue weighted by atomic mass is 32.2. The molecule has 0 radical (unpaired) electrons. The highest BCUT2D eigenvalue weighted by molar-refractivity contribution is 7.92. The molecule has 0 spiro atoms. The van der Waals surface area contributed by atoms with E-state index in [1.54, 1.807) is 24.3 Å². The van der Waals surface area contributed by atoms with Gasteiger partial charge in [-0.1, -0.05) is 100 Å². The van der Waals surface area contributed by atoms with Gasteiger partial charge in [0.2, 0.25) is 0 Å². The summed E-state index contributed by atoms with van der Waals surface area (Å²) in [5, 5.41) is 0. The van der Waals surface area contributed by atoms with E-state index in [0.717, 1.165) is 42.6 Å². The number of imidazole rings is 1. The number of hydrogen-bond donors (Lipinski definition) is 2. The van der Waals surface area contributed by atoms with Gasteiger partial charge in [-0.3, -0.25) is 4.72 Å². The van der Waals surface area contributed by atoms with E-state index in [2.05, 4.69) is 16.6 Å². The van der Waals surface area contributed by atoms with Crippen molar-refractivity contribution in [2.45, 2.75) is 82.6 Å². The lowest BCUT2D eigenvalue weighted by Crippen LogP contribution is -2.40. The summed E-state index contributed by atoms with van der Waals surface area (Å²) in [5.41, 5.74) is 4.24. The Bertz CT molecular complexity index is 2280. The fourth-order valence-corrected chi connectivity index (χ4v) is 9.15. The molecule has 0 amide bonds. The molecule has 11 nitrogen and oxygen atoms in total. The fourth-order valence-electron chi connectivity index (χ4n) is 6.87. The molecule has 1 fully saturated rings. The van der Waals surface area contributed by atoms with Gasteiger partial charge in [0.25, 0.3) is 10.0 Å². The maximum Gasteiger partial charge on any atom is 0.352 e. The van der Waals surface area contributed by atoms with Crippen molar-refractivity contribution >= 4 is 37.2 Å². The van der Waals surface area contributed by atoms with Gasteiger partial charge in [0.05, 0.1) is 27.8 Å². The Morgan fingerprint density at radius 1 is 0.807 bits per heavy atom. The van der Waals surface area contributed by atoms with Gasteiger partial charge in [-0.15, -0.1) is 0 Å². The molecular weight excluding hydrogens is 761 g/mol. The van der Waals surface area contributed by atoms with Gasteiger partial charge in [0, 0.05) is 35.6 Å². The van der Waals surface area contributed by atoms with Crippen LogP contribution in [0.4, 0.5) is 11.4 Å². The predicted octanol–water partition coefficient (Wildman–Crippen LogP) is 8.97. The maximum atomic E-state index is 13.6. The number of ether oxygens (including phenoxy) is 2. The van der Waals surface area contributed by atoms with Crippen molar-refractivity contribution in [3.8, 4) is 34.1 Å². The molecule has 4 aromatic carbocycles. The number of nitrogens with zero attached hydrogens (tertiary/aromatic N) is 2. The molecule has 6 rings (SSSR count). The summed E-state index contributed by atoms with van der Waals surface area (Å²) in [6.45, 7) is 4.96. The van der Waals surface area contributed by atoms with Crippen LogP contribution in [-0.2, 0) is 24.7 Å². The van der Waals surface area contributed by atoms with E-state index >= 15 is 0 Å². The number of sulfone groups is 1. The third-order valence-corrected chi connectivity index (χ3v) is 13.1. The maximum absolute atomic E-state index is 13.6. The van der Waals surface area contributed by atoms with Crippen LogP contribution in [-0.4, -0.2) is 63.5 Å². The molecule has 1 saturated heterocycles. The molecule has 13 heteroatoms. The van der Waals surface area contributed by atoms with Gasteiger partial charge in [0.1, 0.15) is 17.3 Å². The molecule has 0 aliphatic carbocycles. The van der Waals surface area contributed by atoms with E-state index in [9.17, 15) is 21.6 Å². The Morgan fingerprint density at radius 2 is 1.42 bits per heavy atom. The second-order valence-electron chi connectivity index (χ2n) is 14.5. The minimum atomic E-state index is -4.03. The quantitative estimate of drug-likeness (QED) is 0.0474. The number of anilines is 2. The summed E-state index contributed by atoms with van der Waals surface area (Å²) >= 11 is 0. The van der Waals surface area contributed by atoms with Gasteiger partial charge in [-0.25, -0.2) is 26.6 Å². The van der Waals surface area contributed by atoms with E-state index < -0.39 is 31.9 Å². The third kappa shape index (κ3) is 11.5. The van der Waals surface area contributed by atoms with Crippen molar-refractivity contribution in [1.29, 1.82) is 0 Å². The average molecular weight is 813 g/mol. The third-order valence-electron chi connectivity index (χ3n) is 10.1. The number of aromatic nitrogens is 2. The molecule has 1 unspecified atom stereocenters. The van der Waals surface area contributed by atoms with E-state index in [1.165, 1.54) is 49.9 Å². The number of aryl methyl sites for hydroxylation is 1. The summed E-state index contributed by atoms with van der Waals surface area (Å²) in [5.74, 6) is 1.05. The second-order valence-corrected chi connectivity index (χ2v) is 18.5. The molecule has 1 aromatic heterocycles. The molecule has 1 atom stereocenters. The first-order chi connectivity index (χ1) is 27.5. The summed E-state index contributed by atoms with van der Waals surface area (Å²) < 4.78 is 65.8. The number of aromatic amines is 1. The first kappa shape index (κ1) is 41.5. The van der Waals surface area contributed by atoms with Crippen molar-refractivity contribution < 1.29 is 31.1 Å². The van der Waals surface area contributed by atoms with Crippen molar-refractivity contribution in [2.24, 2.45) is 0 Å². The van der Waals surface area contributed by atoms with E-state index in [-0.39, 0.29) is 22.2 Å². The van der Waals surface area contributed by atoms with Crippen LogP contribution in [0.25, 0.3) is 22.6 Å². The molecule has 2 heterocycles. The van der Waals surface area contributed by atoms with Crippen molar-refractivity contribution in [2.75, 3.05) is 34.2 Å². The van der Waals surface area contributed by atoms with Crippen LogP contribution in [0.3, 0.4) is 0 Å². The minimum Gasteiger partial charge on any atom is -0.479 e. The summed E-state index contributed by atoms with van der Waals surface area (Å²) in [4.78, 5) is 23.7. The van der Waals surface area contributed by atoms with E-state index in [0.29, 0.717) is 48.0 Å². The predicted molar refractivity (Wildman–Crippen MR) is 226 cm³/mol. The zero-order valence-corrected chi connectivity index (χ0v) is 34.3. The largest absolute Gasteiger partial charge is 0.479 e. The number of hydrogen-bond acceptors (Lipinski definition) is 9. The first-order valence-electron chi connectivity index (χ1n) is 19.8. The van der Waals surface area contributed by atoms with Crippen molar-refractivity contribution in [3.05, 3.63) is 109 Å². The summed E-state index contributed by atoms with van der Waals surface area (Å²) in [7, 11) is -7.03. The molecule has 1 aliphatic heterocycles. The minimum absolute atomic E-state index is 0.000965. The number of rotatable bonds is 19. The summed E-state index contributed by atoms with van der Waals surface area (Å²) in [6.07, 6.45) is 8.45. The lowest BCUT2D eigenvalue weighted by Gasteiger charge is -2.29. The fraction of sp³-hybridized carbons (Fsp3) is 0.364. The monoisotopic (exact) mass is 812 g/mol. The highest BCUT2D eigenvalue weighted by Gasteiger charge is 2.25. The molecule has 0 bridgehead atoms. The second kappa shape index (κ2) is 19.3. The van der Waals surface area contributed by atoms with Crippen molar-refractivity contribution in [1.82, 2.24) is 9.97 Å². The lowest BCUT2D eigenvalue weighted by atomic mass is 10.1. The molecule has 0 saturated carbocycles. The van der Waals surface area contributed by atoms with Crippen LogP contribution in [0, 0.1) is 6.92 Å². The van der Waals surface area contributed by atoms with Crippen LogP contribution in [0.15, 0.2) is 108 Å².